The molecule has 1 saturated carbocycles. The molecule has 1 unspecified atom stereocenters. The lowest BCUT2D eigenvalue weighted by atomic mass is 9.76. The number of amides is 2. The van der Waals surface area contributed by atoms with E-state index in [2.05, 4.69) is 10.2 Å². The molecule has 2 aliphatic rings. The highest BCUT2D eigenvalue weighted by molar-refractivity contribution is 7.88. The summed E-state index contributed by atoms with van der Waals surface area (Å²) in [5.41, 5.74) is 4.23. The van der Waals surface area contributed by atoms with Crippen molar-refractivity contribution in [2.24, 2.45) is 0 Å². The smallest absolute Gasteiger partial charge is 0.338 e. The van der Waals surface area contributed by atoms with Gasteiger partial charge < -0.3 is 9.64 Å². The summed E-state index contributed by atoms with van der Waals surface area (Å²) in [5, 5.41) is 2.28. The van der Waals surface area contributed by atoms with E-state index in [9.17, 15) is 22.8 Å². The van der Waals surface area contributed by atoms with Crippen LogP contribution >= 0.6 is 34.5 Å². The maximum atomic E-state index is 14.3. The molecule has 1 fully saturated rings. The molecule has 4 atom stereocenters. The molecule has 5 rings (SSSR count). The predicted octanol–water partition coefficient (Wildman–Crippen LogP) is 5.23. The lowest BCUT2D eigenvalue weighted by Crippen LogP contribution is -2.59. The molecular formula is C30H31Cl2N3O7S2. The summed E-state index contributed by atoms with van der Waals surface area (Å²) in [6.07, 6.45) is 3.70. The molecule has 0 saturated heterocycles. The zero-order valence-corrected chi connectivity index (χ0v) is 27.1. The van der Waals surface area contributed by atoms with Gasteiger partial charge in [0.25, 0.3) is 11.8 Å². The van der Waals surface area contributed by atoms with E-state index >= 15 is 0 Å². The van der Waals surface area contributed by atoms with Crippen LogP contribution in [0.4, 0.5) is 0 Å². The van der Waals surface area contributed by atoms with E-state index in [-0.39, 0.29) is 17.5 Å². The Morgan fingerprint density at radius 3 is 2.55 bits per heavy atom. The summed E-state index contributed by atoms with van der Waals surface area (Å²) in [5.74, 6) is -2.31. The van der Waals surface area contributed by atoms with E-state index < -0.39 is 45.9 Å². The molecule has 1 aliphatic heterocycles. The quantitative estimate of drug-likeness (QED) is 0.234. The van der Waals surface area contributed by atoms with E-state index in [1.165, 1.54) is 18.4 Å². The summed E-state index contributed by atoms with van der Waals surface area (Å²) >= 11 is 14.3. The summed E-state index contributed by atoms with van der Waals surface area (Å²) in [4.78, 5) is 48.1. The number of fused-ring (bicyclic) bond motifs is 1. The first-order valence-corrected chi connectivity index (χ1v) is 17.4. The molecule has 1 aromatic heterocycles. The number of hydrogen-bond donors (Lipinski definition) is 2. The highest BCUT2D eigenvalue weighted by atomic mass is 35.5. The highest BCUT2D eigenvalue weighted by Crippen LogP contribution is 2.47. The monoisotopic (exact) mass is 679 g/mol. The van der Waals surface area contributed by atoms with Crippen molar-refractivity contribution < 1.29 is 32.4 Å². The molecule has 10 nitrogen and oxygen atoms in total. The van der Waals surface area contributed by atoms with Crippen molar-refractivity contribution in [3.8, 4) is 0 Å². The number of nitrogens with one attached hydrogen (secondary N) is 2. The van der Waals surface area contributed by atoms with Crippen LogP contribution < -0.4 is 10.2 Å². The fourth-order valence-electron chi connectivity index (χ4n) is 6.05. The molecule has 0 spiro atoms. The molecule has 2 aromatic carbocycles. The number of carbonyl (C=O) groups excluding carboxylic acids is 3. The number of thiophene rings is 1. The van der Waals surface area contributed by atoms with Gasteiger partial charge in [0.1, 0.15) is 6.61 Å². The molecule has 2 amide bonds. The van der Waals surface area contributed by atoms with Crippen molar-refractivity contribution in [3.05, 3.63) is 91.1 Å². The third kappa shape index (κ3) is 6.95. The van der Waals surface area contributed by atoms with Crippen LogP contribution in [0.1, 0.15) is 74.4 Å². The van der Waals surface area contributed by atoms with E-state index in [1.807, 2.05) is 0 Å². The van der Waals surface area contributed by atoms with Crippen LogP contribution in [0.5, 0.6) is 0 Å². The minimum Gasteiger partial charge on any atom is -0.465 e. The van der Waals surface area contributed by atoms with Crippen molar-refractivity contribution in [2.75, 3.05) is 13.4 Å². The zero-order valence-electron chi connectivity index (χ0n) is 23.9. The number of hydroxylamine groups is 1. The first-order chi connectivity index (χ1) is 21.0. The van der Waals surface area contributed by atoms with Crippen LogP contribution in [-0.2, 0) is 31.0 Å². The second-order valence-electron chi connectivity index (χ2n) is 10.8. The Bertz CT molecular complexity index is 1680. The van der Waals surface area contributed by atoms with E-state index in [4.69, 9.17) is 32.8 Å². The molecule has 3 aromatic rings. The average Bonchev–Trinajstić information content (AvgIpc) is 3.45. The molecule has 1 aliphatic carbocycles. The van der Waals surface area contributed by atoms with Crippen molar-refractivity contribution in [3.63, 3.8) is 0 Å². The number of esters is 1. The molecule has 234 valence electrons. The van der Waals surface area contributed by atoms with Gasteiger partial charge in [-0.15, -0.1) is 11.3 Å². The number of halogens is 2. The fourth-order valence-corrected chi connectivity index (χ4v) is 8.16. The van der Waals surface area contributed by atoms with E-state index in [1.54, 1.807) is 58.8 Å². The summed E-state index contributed by atoms with van der Waals surface area (Å²) in [6, 6.07) is 11.3. The van der Waals surface area contributed by atoms with E-state index in [0.717, 1.165) is 19.1 Å². The van der Waals surface area contributed by atoms with Gasteiger partial charge in [0.15, 0.2) is 0 Å². The maximum Gasteiger partial charge on any atom is 0.338 e. The summed E-state index contributed by atoms with van der Waals surface area (Å²) in [7, 11) is -2.31. The minimum atomic E-state index is -3.60. The van der Waals surface area contributed by atoms with Crippen LogP contribution in [0.15, 0.2) is 53.9 Å². The highest BCUT2D eigenvalue weighted by Gasteiger charge is 2.49. The van der Waals surface area contributed by atoms with Gasteiger partial charge in [0.05, 0.1) is 30.9 Å². The summed E-state index contributed by atoms with van der Waals surface area (Å²) < 4.78 is 32.2. The lowest BCUT2D eigenvalue weighted by molar-refractivity contribution is -0.138. The number of methoxy groups -OCH3 is 1. The van der Waals surface area contributed by atoms with Gasteiger partial charge in [-0.2, -0.15) is 0 Å². The van der Waals surface area contributed by atoms with Crippen molar-refractivity contribution in [1.82, 2.24) is 15.1 Å². The van der Waals surface area contributed by atoms with Crippen LogP contribution in [0.2, 0.25) is 10.0 Å². The van der Waals surface area contributed by atoms with Gasteiger partial charge in [-0.25, -0.2) is 23.4 Å². The Hall–Kier alpha value is -3.00. The topological polar surface area (TPSA) is 131 Å². The van der Waals surface area contributed by atoms with Crippen molar-refractivity contribution in [2.45, 2.75) is 56.3 Å². The maximum absolute atomic E-state index is 14.3. The number of rotatable bonds is 9. The van der Waals surface area contributed by atoms with E-state index in [0.29, 0.717) is 45.0 Å². The Balaban J connectivity index is 1.55. The van der Waals surface area contributed by atoms with Gasteiger partial charge in [0, 0.05) is 37.9 Å². The largest absolute Gasteiger partial charge is 0.465 e. The van der Waals surface area contributed by atoms with Gasteiger partial charge >= 0.3 is 5.97 Å². The third-order valence-corrected chi connectivity index (χ3v) is 10.1. The summed E-state index contributed by atoms with van der Waals surface area (Å²) in [6.45, 7) is -0.0141. The molecular weight excluding hydrogens is 649 g/mol. The first-order valence-electron chi connectivity index (χ1n) is 13.9. The minimum absolute atomic E-state index is 0.0141. The SMILES string of the molecule is COC(=O)c1csc(CONC(=O)[C@H]2c3ccccc3C(=O)N([C@@H]3CCCC[C@H]3NS(C)(=O)=O)C2c2ccc(Cl)cc2Cl)c1. The Morgan fingerprint density at radius 1 is 1.07 bits per heavy atom. The Labute approximate surface area is 269 Å². The van der Waals surface area contributed by atoms with Crippen LogP contribution in [-0.4, -0.2) is 56.6 Å². The molecule has 0 radical (unpaired) electrons. The molecule has 2 heterocycles. The Kier molecular flexibility index (Phi) is 9.98. The molecule has 0 bridgehead atoms. The van der Waals surface area contributed by atoms with Crippen LogP contribution in [0.3, 0.4) is 0 Å². The van der Waals surface area contributed by atoms with Crippen molar-refractivity contribution >= 4 is 62.3 Å². The van der Waals surface area contributed by atoms with Gasteiger partial charge in [-0.05, 0) is 48.2 Å². The second-order valence-corrected chi connectivity index (χ2v) is 14.4. The first kappa shape index (κ1) is 32.4. The molecule has 14 heteroatoms. The van der Waals surface area contributed by atoms with Gasteiger partial charge in [-0.1, -0.05) is 60.3 Å². The standard InChI is InChI=1S/C30H31Cl2N3O7S2/c1-41-30(38)17-13-19(43-16-17)15-42-33-28(36)26-20-7-3-4-8-21(20)29(37)35(27(26)22-12-11-18(31)14-23(22)32)25-10-6-5-9-24(25)34-44(2,39)40/h3-4,7-8,11-14,16,24-27,34H,5-6,9-10,15H2,1-2H3,(H,33,36)/t24-,25-,26+,27?/m1/s1. The lowest BCUT2D eigenvalue weighted by Gasteiger charge is -2.49. The zero-order chi connectivity index (χ0) is 31.6. The van der Waals surface area contributed by atoms with Gasteiger partial charge in [-0.3, -0.25) is 14.4 Å². The average molecular weight is 681 g/mol. The molecule has 44 heavy (non-hydrogen) atoms. The second kappa shape index (κ2) is 13.6. The number of nitrogens with zero attached hydrogens (tertiary/aromatic N) is 1. The number of benzene rings is 2. The van der Waals surface area contributed by atoms with Crippen molar-refractivity contribution in [1.29, 1.82) is 0 Å². The van der Waals surface area contributed by atoms with Gasteiger partial charge in [0.2, 0.25) is 10.0 Å². The molecule has 2 N–H and O–H groups in total. The van der Waals surface area contributed by atoms with Crippen LogP contribution in [0.25, 0.3) is 0 Å². The normalized spacial score (nSPS) is 21.9. The fraction of sp³-hybridized carbons (Fsp3) is 0.367. The number of sulfonamides is 1. The number of hydrogen-bond acceptors (Lipinski definition) is 8. The number of ether oxygens (including phenoxy) is 1. The van der Waals surface area contributed by atoms with Crippen LogP contribution in [0, 0.1) is 0 Å². The third-order valence-electron chi connectivity index (χ3n) is 7.85. The number of carbonyl (C=O) groups is 3. The predicted molar refractivity (Wildman–Crippen MR) is 167 cm³/mol. The Morgan fingerprint density at radius 2 is 1.82 bits per heavy atom.